The van der Waals surface area contributed by atoms with E-state index in [2.05, 4.69) is 10.3 Å². The third-order valence-corrected chi connectivity index (χ3v) is 5.06. The van der Waals surface area contributed by atoms with Crippen LogP contribution in [0.1, 0.15) is 30.1 Å². The monoisotopic (exact) mass is 400 g/mol. The van der Waals surface area contributed by atoms with Crippen LogP contribution in [-0.2, 0) is 27.3 Å². The molecule has 1 fully saturated rings. The normalized spacial score (nSPS) is 14.4. The number of aryl methyl sites for hydroxylation is 1. The van der Waals surface area contributed by atoms with Gasteiger partial charge < -0.3 is 5.32 Å². The summed E-state index contributed by atoms with van der Waals surface area (Å²) in [6.07, 6.45) is 0.0808. The zero-order chi connectivity index (χ0) is 20.4. The van der Waals surface area contributed by atoms with Gasteiger partial charge >= 0.3 is 17.8 Å². The quantitative estimate of drug-likeness (QED) is 0.593. The third-order valence-electron chi connectivity index (χ3n) is 4.17. The van der Waals surface area contributed by atoms with E-state index in [0.29, 0.717) is 16.4 Å². The molecule has 1 aromatic carbocycles. The van der Waals surface area contributed by atoms with Crippen molar-refractivity contribution in [2.75, 3.05) is 5.32 Å². The van der Waals surface area contributed by atoms with E-state index in [1.54, 1.807) is 19.2 Å². The fourth-order valence-electron chi connectivity index (χ4n) is 2.76. The summed E-state index contributed by atoms with van der Waals surface area (Å²) in [7, 11) is 0. The average Bonchev–Trinajstić information content (AvgIpc) is 3.15. The van der Waals surface area contributed by atoms with E-state index in [4.69, 9.17) is 0 Å². The third kappa shape index (κ3) is 4.09. The number of urea groups is 1. The highest BCUT2D eigenvalue weighted by molar-refractivity contribution is 7.09. The molecule has 8 nitrogen and oxygen atoms in total. The standard InChI is InChI=1S/C19H20N4O4S/c1-11(2)23-18(26)17(25)22(19(23)27)9-14-10-28-16(21-14)8-15(24)20-13-6-4-12(3)5-7-13/h4-7,10-11H,8-9H2,1-3H3,(H,20,24). The Hall–Kier alpha value is -3.07. The van der Waals surface area contributed by atoms with E-state index in [-0.39, 0.29) is 18.9 Å². The van der Waals surface area contributed by atoms with Gasteiger partial charge in [0.05, 0.1) is 18.7 Å². The Balaban J connectivity index is 1.62. The molecule has 0 bridgehead atoms. The van der Waals surface area contributed by atoms with E-state index in [1.807, 2.05) is 31.2 Å². The van der Waals surface area contributed by atoms with Crippen molar-refractivity contribution in [3.63, 3.8) is 0 Å². The lowest BCUT2D eigenvalue weighted by Crippen LogP contribution is -2.37. The molecule has 1 aliphatic rings. The van der Waals surface area contributed by atoms with Crippen LogP contribution in [0.25, 0.3) is 0 Å². The van der Waals surface area contributed by atoms with Crippen molar-refractivity contribution in [2.45, 2.75) is 39.8 Å². The first-order valence-corrected chi connectivity index (χ1v) is 9.63. The highest BCUT2D eigenvalue weighted by Gasteiger charge is 2.45. The number of rotatable bonds is 6. The van der Waals surface area contributed by atoms with Crippen LogP contribution in [0.4, 0.5) is 10.5 Å². The second-order valence-electron chi connectivity index (χ2n) is 6.77. The summed E-state index contributed by atoms with van der Waals surface area (Å²) in [4.78, 5) is 54.6. The van der Waals surface area contributed by atoms with Crippen LogP contribution >= 0.6 is 11.3 Å². The van der Waals surface area contributed by atoms with Crippen LogP contribution < -0.4 is 5.32 Å². The molecule has 0 unspecified atom stereocenters. The average molecular weight is 400 g/mol. The van der Waals surface area contributed by atoms with Crippen LogP contribution in [-0.4, -0.2) is 44.6 Å². The summed E-state index contributed by atoms with van der Waals surface area (Å²) < 4.78 is 0. The van der Waals surface area contributed by atoms with Gasteiger partial charge in [0.25, 0.3) is 0 Å². The Morgan fingerprint density at radius 3 is 2.43 bits per heavy atom. The number of hydrogen-bond acceptors (Lipinski definition) is 6. The molecule has 0 spiro atoms. The summed E-state index contributed by atoms with van der Waals surface area (Å²) in [5.41, 5.74) is 2.26. The second kappa shape index (κ2) is 7.89. The van der Waals surface area contributed by atoms with Gasteiger partial charge in [0.1, 0.15) is 5.01 Å². The van der Waals surface area contributed by atoms with E-state index >= 15 is 0 Å². The highest BCUT2D eigenvalue weighted by Crippen LogP contribution is 2.20. The molecule has 3 rings (SSSR count). The molecule has 0 radical (unpaired) electrons. The Kier molecular flexibility index (Phi) is 5.55. The van der Waals surface area contributed by atoms with E-state index in [1.165, 1.54) is 11.3 Å². The smallest absolute Gasteiger partial charge is 0.326 e. The van der Waals surface area contributed by atoms with Crippen LogP contribution in [0, 0.1) is 6.92 Å². The first-order chi connectivity index (χ1) is 13.3. The van der Waals surface area contributed by atoms with E-state index in [0.717, 1.165) is 15.4 Å². The van der Waals surface area contributed by atoms with Gasteiger partial charge in [0.2, 0.25) is 5.91 Å². The predicted molar refractivity (Wildman–Crippen MR) is 104 cm³/mol. The Bertz CT molecular complexity index is 936. The fraction of sp³-hybridized carbons (Fsp3) is 0.316. The molecule has 1 aliphatic heterocycles. The molecule has 9 heteroatoms. The number of benzene rings is 1. The van der Waals surface area contributed by atoms with Crippen molar-refractivity contribution in [1.29, 1.82) is 0 Å². The molecule has 2 aromatic rings. The molecule has 5 amide bonds. The topological polar surface area (TPSA) is 99.7 Å². The van der Waals surface area contributed by atoms with Crippen molar-refractivity contribution < 1.29 is 19.2 Å². The summed E-state index contributed by atoms with van der Waals surface area (Å²) in [5, 5.41) is 5.03. The molecule has 0 aliphatic carbocycles. The van der Waals surface area contributed by atoms with E-state index in [9.17, 15) is 19.2 Å². The Labute approximate surface area is 166 Å². The fourth-order valence-corrected chi connectivity index (χ4v) is 3.54. The summed E-state index contributed by atoms with van der Waals surface area (Å²) in [5.74, 6) is -1.89. The summed E-state index contributed by atoms with van der Waals surface area (Å²) >= 11 is 1.26. The molecular weight excluding hydrogens is 380 g/mol. The maximum Gasteiger partial charge on any atom is 0.334 e. The minimum absolute atomic E-state index is 0.0808. The predicted octanol–water partition coefficient (Wildman–Crippen LogP) is 2.33. The van der Waals surface area contributed by atoms with Crippen LogP contribution in [0.2, 0.25) is 0 Å². The number of hydrogen-bond donors (Lipinski definition) is 1. The van der Waals surface area contributed by atoms with Gasteiger partial charge in [-0.15, -0.1) is 11.3 Å². The van der Waals surface area contributed by atoms with E-state index < -0.39 is 23.9 Å². The number of carbonyl (C=O) groups excluding carboxylic acids is 4. The van der Waals surface area contributed by atoms with Crippen molar-refractivity contribution >= 4 is 40.8 Å². The minimum Gasteiger partial charge on any atom is -0.326 e. The zero-order valence-corrected chi connectivity index (χ0v) is 16.6. The maximum absolute atomic E-state index is 12.3. The lowest BCUT2D eigenvalue weighted by Gasteiger charge is -2.17. The zero-order valence-electron chi connectivity index (χ0n) is 15.8. The van der Waals surface area contributed by atoms with Crippen molar-refractivity contribution in [2.24, 2.45) is 0 Å². The molecule has 1 saturated heterocycles. The second-order valence-corrected chi connectivity index (χ2v) is 7.71. The first-order valence-electron chi connectivity index (χ1n) is 8.75. The highest BCUT2D eigenvalue weighted by atomic mass is 32.1. The molecule has 28 heavy (non-hydrogen) atoms. The van der Waals surface area contributed by atoms with Crippen molar-refractivity contribution in [3.05, 3.63) is 45.9 Å². The minimum atomic E-state index is -0.856. The van der Waals surface area contributed by atoms with Gasteiger partial charge in [-0.1, -0.05) is 17.7 Å². The molecule has 1 N–H and O–H groups in total. The lowest BCUT2D eigenvalue weighted by atomic mass is 10.2. The van der Waals surface area contributed by atoms with Gasteiger partial charge in [-0.25, -0.2) is 14.7 Å². The number of amides is 5. The van der Waals surface area contributed by atoms with Gasteiger partial charge in [-0.05, 0) is 32.9 Å². The molecule has 0 saturated carbocycles. The van der Waals surface area contributed by atoms with Crippen molar-refractivity contribution in [3.8, 4) is 0 Å². The molecule has 0 atom stereocenters. The summed E-state index contributed by atoms with van der Waals surface area (Å²) in [6, 6.07) is 6.42. The number of anilines is 1. The maximum atomic E-state index is 12.3. The van der Waals surface area contributed by atoms with Gasteiger partial charge in [-0.3, -0.25) is 19.3 Å². The van der Waals surface area contributed by atoms with Crippen LogP contribution in [0.5, 0.6) is 0 Å². The SMILES string of the molecule is Cc1ccc(NC(=O)Cc2nc(CN3C(=O)C(=O)N(C(C)C)C3=O)cs2)cc1. The molecule has 2 heterocycles. The number of imide groups is 2. The number of carbonyl (C=O) groups is 4. The first kappa shape index (κ1) is 19.7. The lowest BCUT2D eigenvalue weighted by molar-refractivity contribution is -0.144. The molecular formula is C19H20N4O4S. The van der Waals surface area contributed by atoms with Crippen LogP contribution in [0.15, 0.2) is 29.6 Å². The van der Waals surface area contributed by atoms with Crippen LogP contribution in [0.3, 0.4) is 0 Å². The van der Waals surface area contributed by atoms with Gasteiger partial charge in [0, 0.05) is 17.1 Å². The Morgan fingerprint density at radius 1 is 1.14 bits per heavy atom. The number of nitrogens with one attached hydrogen (secondary N) is 1. The largest absolute Gasteiger partial charge is 0.334 e. The summed E-state index contributed by atoms with van der Waals surface area (Å²) in [6.45, 7) is 5.20. The molecule has 146 valence electrons. The number of thiazole rings is 1. The molecule has 1 aromatic heterocycles. The van der Waals surface area contributed by atoms with Gasteiger partial charge in [-0.2, -0.15) is 0 Å². The number of nitrogens with zero attached hydrogens (tertiary/aromatic N) is 3. The Morgan fingerprint density at radius 2 is 1.82 bits per heavy atom. The van der Waals surface area contributed by atoms with Crippen molar-refractivity contribution in [1.82, 2.24) is 14.8 Å². The van der Waals surface area contributed by atoms with Gasteiger partial charge in [0.15, 0.2) is 0 Å². The number of aromatic nitrogens is 1.